The molecule has 0 aliphatic heterocycles. The van der Waals surface area contributed by atoms with E-state index in [-0.39, 0.29) is 11.8 Å². The minimum Gasteiger partial charge on any atom is -0.212 e. The molecule has 0 amide bonds. The molecule has 96 valence electrons. The first-order valence-electron chi connectivity index (χ1n) is 5.76. The number of hydrogen-bond donors (Lipinski definition) is 1. The lowest BCUT2D eigenvalue weighted by Crippen LogP contribution is -2.40. The summed E-state index contributed by atoms with van der Waals surface area (Å²) in [5.74, 6) is 1.60. The third kappa shape index (κ3) is 4.82. The van der Waals surface area contributed by atoms with Gasteiger partial charge in [0.15, 0.2) is 0 Å². The van der Waals surface area contributed by atoms with Gasteiger partial charge in [-0.25, -0.2) is 13.1 Å². The van der Waals surface area contributed by atoms with Gasteiger partial charge >= 0.3 is 0 Å². The zero-order valence-corrected chi connectivity index (χ0v) is 12.0. The summed E-state index contributed by atoms with van der Waals surface area (Å²) < 4.78 is 26.3. The molecule has 1 fully saturated rings. The van der Waals surface area contributed by atoms with Crippen LogP contribution < -0.4 is 4.72 Å². The molecule has 3 nitrogen and oxygen atoms in total. The quantitative estimate of drug-likeness (QED) is 0.730. The monoisotopic (exact) mass is 285 g/mol. The predicted molar refractivity (Wildman–Crippen MR) is 71.8 cm³/mol. The standard InChI is InChI=1S/C10H20ClNO2S2/c1-2-15-10-6-3-5-9(10)12-16(13,14)8-4-7-11/h9-10,12H,2-8H2,1H3. The summed E-state index contributed by atoms with van der Waals surface area (Å²) in [5, 5.41) is 0.454. The highest BCUT2D eigenvalue weighted by atomic mass is 35.5. The Balaban J connectivity index is 2.45. The van der Waals surface area contributed by atoms with Crippen molar-refractivity contribution in [2.75, 3.05) is 17.4 Å². The molecule has 1 rings (SSSR count). The van der Waals surface area contributed by atoms with Crippen LogP contribution in [0.1, 0.15) is 32.6 Å². The van der Waals surface area contributed by atoms with Crippen LogP contribution >= 0.6 is 23.4 Å². The molecule has 0 aromatic carbocycles. The molecule has 0 bridgehead atoms. The van der Waals surface area contributed by atoms with Crippen molar-refractivity contribution in [3.63, 3.8) is 0 Å². The molecule has 1 aliphatic carbocycles. The molecule has 6 heteroatoms. The smallest absolute Gasteiger partial charge is 0.211 e. The molecule has 0 saturated heterocycles. The Bertz CT molecular complexity index is 295. The largest absolute Gasteiger partial charge is 0.212 e. The Morgan fingerprint density at radius 2 is 2.19 bits per heavy atom. The van der Waals surface area contributed by atoms with E-state index in [0.717, 1.165) is 25.0 Å². The maximum Gasteiger partial charge on any atom is 0.211 e. The fourth-order valence-corrected chi connectivity index (χ4v) is 4.97. The zero-order chi connectivity index (χ0) is 12.0. The zero-order valence-electron chi connectivity index (χ0n) is 9.62. The Morgan fingerprint density at radius 3 is 2.81 bits per heavy atom. The molecule has 1 aliphatic rings. The lowest BCUT2D eigenvalue weighted by Gasteiger charge is -2.19. The highest BCUT2D eigenvalue weighted by molar-refractivity contribution is 8.00. The van der Waals surface area contributed by atoms with Crippen molar-refractivity contribution in [3.05, 3.63) is 0 Å². The number of rotatable bonds is 7. The van der Waals surface area contributed by atoms with E-state index in [0.29, 0.717) is 17.6 Å². The molecule has 1 saturated carbocycles. The van der Waals surface area contributed by atoms with Crippen LogP contribution in [0.5, 0.6) is 0 Å². The maximum atomic E-state index is 11.7. The van der Waals surface area contributed by atoms with Gasteiger partial charge in [-0.05, 0) is 25.0 Å². The topological polar surface area (TPSA) is 46.2 Å². The Hall–Kier alpha value is 0.550. The second-order valence-corrected chi connectivity index (χ2v) is 7.78. The van der Waals surface area contributed by atoms with E-state index >= 15 is 0 Å². The van der Waals surface area contributed by atoms with Crippen LogP contribution in [0, 0.1) is 0 Å². The van der Waals surface area contributed by atoms with Gasteiger partial charge in [-0.15, -0.1) is 11.6 Å². The summed E-state index contributed by atoms with van der Waals surface area (Å²) in [5.41, 5.74) is 0. The number of nitrogens with one attached hydrogen (secondary N) is 1. The van der Waals surface area contributed by atoms with Crippen LogP contribution in [-0.2, 0) is 10.0 Å². The van der Waals surface area contributed by atoms with Gasteiger partial charge in [-0.2, -0.15) is 11.8 Å². The van der Waals surface area contributed by atoms with Crippen molar-refractivity contribution in [2.45, 2.75) is 43.9 Å². The molecule has 0 radical (unpaired) electrons. The third-order valence-electron chi connectivity index (χ3n) is 2.71. The fraction of sp³-hybridized carbons (Fsp3) is 1.00. The summed E-state index contributed by atoms with van der Waals surface area (Å²) in [6.45, 7) is 2.11. The summed E-state index contributed by atoms with van der Waals surface area (Å²) in [6, 6.07) is 0.130. The van der Waals surface area contributed by atoms with Crippen LogP contribution in [0.3, 0.4) is 0 Å². The number of thioether (sulfide) groups is 1. The van der Waals surface area contributed by atoms with E-state index in [1.54, 1.807) is 0 Å². The predicted octanol–water partition coefficient (Wildman–Crippen LogP) is 2.21. The molecule has 0 heterocycles. The summed E-state index contributed by atoms with van der Waals surface area (Å²) in [6.07, 6.45) is 3.74. The summed E-state index contributed by atoms with van der Waals surface area (Å²) in [7, 11) is -3.13. The molecule has 0 aromatic rings. The number of sulfonamides is 1. The number of hydrogen-bond acceptors (Lipinski definition) is 3. The first kappa shape index (κ1) is 14.6. The van der Waals surface area contributed by atoms with Crippen molar-refractivity contribution in [1.29, 1.82) is 0 Å². The molecular weight excluding hydrogens is 266 g/mol. The second-order valence-electron chi connectivity index (χ2n) is 4.01. The van der Waals surface area contributed by atoms with E-state index in [2.05, 4.69) is 11.6 Å². The van der Waals surface area contributed by atoms with Crippen molar-refractivity contribution in [3.8, 4) is 0 Å². The molecule has 0 aromatic heterocycles. The van der Waals surface area contributed by atoms with Gasteiger partial charge in [0.2, 0.25) is 10.0 Å². The number of halogens is 1. The van der Waals surface area contributed by atoms with E-state index in [1.165, 1.54) is 0 Å². The summed E-state index contributed by atoms with van der Waals surface area (Å²) >= 11 is 7.36. The lowest BCUT2D eigenvalue weighted by atomic mass is 10.3. The molecule has 2 atom stereocenters. The van der Waals surface area contributed by atoms with E-state index in [1.807, 2.05) is 11.8 Å². The minimum atomic E-state index is -3.13. The van der Waals surface area contributed by atoms with E-state index in [9.17, 15) is 8.42 Å². The molecule has 2 unspecified atom stereocenters. The molecule has 16 heavy (non-hydrogen) atoms. The second kappa shape index (κ2) is 7.09. The number of alkyl halides is 1. The Labute approximate surface area is 108 Å². The van der Waals surface area contributed by atoms with Crippen LogP contribution in [-0.4, -0.2) is 37.1 Å². The van der Waals surface area contributed by atoms with Crippen molar-refractivity contribution in [1.82, 2.24) is 4.72 Å². The van der Waals surface area contributed by atoms with Crippen molar-refractivity contribution in [2.24, 2.45) is 0 Å². The van der Waals surface area contributed by atoms with Crippen LogP contribution in [0.2, 0.25) is 0 Å². The van der Waals surface area contributed by atoms with Gasteiger partial charge in [-0.3, -0.25) is 0 Å². The van der Waals surface area contributed by atoms with Gasteiger partial charge in [0.25, 0.3) is 0 Å². The normalized spacial score (nSPS) is 26.1. The van der Waals surface area contributed by atoms with Gasteiger partial charge < -0.3 is 0 Å². The molecule has 0 spiro atoms. The van der Waals surface area contributed by atoms with Crippen molar-refractivity contribution >= 4 is 33.4 Å². The fourth-order valence-electron chi connectivity index (χ4n) is 2.01. The van der Waals surface area contributed by atoms with Gasteiger partial charge in [0.05, 0.1) is 5.75 Å². The lowest BCUT2D eigenvalue weighted by molar-refractivity contribution is 0.554. The van der Waals surface area contributed by atoms with Gasteiger partial charge in [-0.1, -0.05) is 13.3 Å². The molecule has 1 N–H and O–H groups in total. The minimum absolute atomic E-state index is 0.130. The Kier molecular flexibility index (Phi) is 6.47. The Morgan fingerprint density at radius 1 is 1.44 bits per heavy atom. The van der Waals surface area contributed by atoms with E-state index in [4.69, 9.17) is 11.6 Å². The van der Waals surface area contributed by atoms with Crippen LogP contribution in [0.4, 0.5) is 0 Å². The summed E-state index contributed by atoms with van der Waals surface area (Å²) in [4.78, 5) is 0. The first-order chi connectivity index (χ1) is 7.59. The highest BCUT2D eigenvalue weighted by Crippen LogP contribution is 2.30. The maximum absolute atomic E-state index is 11.7. The third-order valence-corrected chi connectivity index (χ3v) is 5.79. The van der Waals surface area contributed by atoms with E-state index < -0.39 is 10.0 Å². The van der Waals surface area contributed by atoms with Crippen LogP contribution in [0.15, 0.2) is 0 Å². The van der Waals surface area contributed by atoms with Crippen LogP contribution in [0.25, 0.3) is 0 Å². The first-order valence-corrected chi connectivity index (χ1v) is 9.00. The SMILES string of the molecule is CCSC1CCCC1NS(=O)(=O)CCCCl. The molecular formula is C10H20ClNO2S2. The average Bonchev–Trinajstić information content (AvgIpc) is 2.63. The van der Waals surface area contributed by atoms with Gasteiger partial charge in [0, 0.05) is 17.2 Å². The highest BCUT2D eigenvalue weighted by Gasteiger charge is 2.30. The van der Waals surface area contributed by atoms with Crippen molar-refractivity contribution < 1.29 is 8.42 Å². The average molecular weight is 286 g/mol. The van der Waals surface area contributed by atoms with Gasteiger partial charge in [0.1, 0.15) is 0 Å².